The number of methoxy groups -OCH3 is 1. The number of H-pyrrole nitrogens is 2. The zero-order valence-electron chi connectivity index (χ0n) is 32.5. The molecule has 290 valence electrons. The maximum atomic E-state index is 13.6. The molecule has 0 unspecified atom stereocenters. The number of hydrogen-bond donors (Lipinski definition) is 4. The summed E-state index contributed by atoms with van der Waals surface area (Å²) >= 11 is 0. The standard InChI is InChI=1S/C42H52N8O5/c1-7-10-35(51)47-36(25(2)3)40(52)49-21-8-11-33(49)38-43-23-31(45-38)29-17-13-27(14-18-29)28-15-19-30(20-16-28)32-24-44-39(46-32)34-12-9-22-50(34)41(53)37(26(4)5)48-42(54)55-6/h8,11,13-20,23-26,33-34,36-37H,7,9-10,12,21-22H2,1-6H3,(H,43,45)(H,44,46)(H,47,51)(H,48,54)/t33-,34-,36-,37-/m0/s1. The Labute approximate surface area is 322 Å². The molecule has 4 aromatic rings. The zero-order chi connectivity index (χ0) is 39.2. The number of aromatic nitrogens is 4. The van der Waals surface area contributed by atoms with Crippen molar-refractivity contribution in [2.45, 2.75) is 84.5 Å². The average Bonchev–Trinajstić information content (AvgIpc) is 4.02. The fourth-order valence-corrected chi connectivity index (χ4v) is 7.32. The third-order valence-electron chi connectivity index (χ3n) is 10.4. The maximum absolute atomic E-state index is 13.6. The Morgan fingerprint density at radius 2 is 1.31 bits per heavy atom. The van der Waals surface area contributed by atoms with Gasteiger partial charge in [0.2, 0.25) is 17.7 Å². The van der Waals surface area contributed by atoms with Crippen LogP contribution in [-0.4, -0.2) is 85.8 Å². The Balaban J connectivity index is 1.10. The maximum Gasteiger partial charge on any atom is 0.407 e. The Morgan fingerprint density at radius 1 is 0.782 bits per heavy atom. The summed E-state index contributed by atoms with van der Waals surface area (Å²) in [6, 6.07) is 14.6. The van der Waals surface area contributed by atoms with Crippen molar-refractivity contribution in [3.8, 4) is 33.6 Å². The molecule has 6 rings (SSSR count). The molecule has 4 amide bonds. The van der Waals surface area contributed by atoms with E-state index in [1.54, 1.807) is 17.3 Å². The van der Waals surface area contributed by atoms with Crippen molar-refractivity contribution in [3.63, 3.8) is 0 Å². The van der Waals surface area contributed by atoms with Gasteiger partial charge in [0.25, 0.3) is 0 Å². The summed E-state index contributed by atoms with van der Waals surface area (Å²) in [4.78, 5) is 71.2. The molecule has 2 aromatic heterocycles. The van der Waals surface area contributed by atoms with Crippen LogP contribution in [0.2, 0.25) is 0 Å². The fourth-order valence-electron chi connectivity index (χ4n) is 7.32. The van der Waals surface area contributed by atoms with Gasteiger partial charge in [-0.3, -0.25) is 14.4 Å². The topological polar surface area (TPSA) is 165 Å². The number of benzene rings is 2. The highest BCUT2D eigenvalue weighted by Crippen LogP contribution is 2.34. The van der Waals surface area contributed by atoms with Crippen molar-refractivity contribution in [1.29, 1.82) is 0 Å². The molecule has 13 heteroatoms. The largest absolute Gasteiger partial charge is 0.453 e. The highest BCUT2D eigenvalue weighted by atomic mass is 16.5. The van der Waals surface area contributed by atoms with Crippen LogP contribution < -0.4 is 10.6 Å². The number of imidazole rings is 2. The molecular formula is C42H52N8O5. The first kappa shape index (κ1) is 39.0. The van der Waals surface area contributed by atoms with Gasteiger partial charge in [0.15, 0.2) is 0 Å². The molecule has 0 aliphatic carbocycles. The number of ether oxygens (including phenoxy) is 1. The van der Waals surface area contributed by atoms with Crippen molar-refractivity contribution in [3.05, 3.63) is 84.7 Å². The van der Waals surface area contributed by atoms with E-state index in [1.165, 1.54) is 7.11 Å². The van der Waals surface area contributed by atoms with E-state index in [9.17, 15) is 19.2 Å². The summed E-state index contributed by atoms with van der Waals surface area (Å²) < 4.78 is 4.75. The average molecular weight is 749 g/mol. The molecule has 4 atom stereocenters. The SMILES string of the molecule is CCCC(=O)N[C@H](C(=O)N1CC=C[C@H]1c1ncc(-c2ccc(-c3ccc(-c4cnc([C@@H]5CCCN5C(=O)[C@@H](NC(=O)OC)C(C)C)[nH]4)cc3)cc2)[nH]1)C(C)C. The van der Waals surface area contributed by atoms with Gasteiger partial charge in [0.1, 0.15) is 29.8 Å². The first-order valence-electron chi connectivity index (χ1n) is 19.2. The van der Waals surface area contributed by atoms with Gasteiger partial charge in [0.05, 0.1) is 36.9 Å². The van der Waals surface area contributed by atoms with Crippen LogP contribution in [0.5, 0.6) is 0 Å². The number of aromatic amines is 2. The minimum atomic E-state index is -0.686. The van der Waals surface area contributed by atoms with E-state index in [1.807, 2.05) is 63.8 Å². The van der Waals surface area contributed by atoms with Crippen LogP contribution in [0.4, 0.5) is 4.79 Å². The van der Waals surface area contributed by atoms with Crippen LogP contribution in [0.25, 0.3) is 33.6 Å². The zero-order valence-corrected chi connectivity index (χ0v) is 32.5. The van der Waals surface area contributed by atoms with Crippen molar-refractivity contribution in [2.75, 3.05) is 20.2 Å². The van der Waals surface area contributed by atoms with E-state index in [2.05, 4.69) is 67.0 Å². The molecule has 55 heavy (non-hydrogen) atoms. The number of carbonyl (C=O) groups excluding carboxylic acids is 4. The van der Waals surface area contributed by atoms with E-state index in [0.29, 0.717) is 25.3 Å². The predicted molar refractivity (Wildman–Crippen MR) is 210 cm³/mol. The molecule has 4 heterocycles. The Kier molecular flexibility index (Phi) is 12.2. The molecule has 0 radical (unpaired) electrons. The molecule has 1 fully saturated rings. The summed E-state index contributed by atoms with van der Waals surface area (Å²) in [7, 11) is 1.29. The molecule has 13 nitrogen and oxygen atoms in total. The molecule has 2 aromatic carbocycles. The summed E-state index contributed by atoms with van der Waals surface area (Å²) in [5.74, 6) is 0.872. The van der Waals surface area contributed by atoms with E-state index in [4.69, 9.17) is 4.74 Å². The molecule has 0 saturated carbocycles. The third kappa shape index (κ3) is 8.66. The Bertz CT molecular complexity index is 2000. The molecule has 2 aliphatic heterocycles. The van der Waals surface area contributed by atoms with Gasteiger partial charge in [-0.1, -0.05) is 95.3 Å². The second-order valence-corrected chi connectivity index (χ2v) is 15.0. The highest BCUT2D eigenvalue weighted by Gasteiger charge is 2.38. The van der Waals surface area contributed by atoms with Gasteiger partial charge in [0, 0.05) is 19.5 Å². The first-order chi connectivity index (χ1) is 26.5. The van der Waals surface area contributed by atoms with Gasteiger partial charge >= 0.3 is 6.09 Å². The molecule has 0 bridgehead atoms. The van der Waals surface area contributed by atoms with Gasteiger partial charge < -0.3 is 35.1 Å². The Hall–Kier alpha value is -5.72. The van der Waals surface area contributed by atoms with Gasteiger partial charge in [-0.2, -0.15) is 0 Å². The van der Waals surface area contributed by atoms with E-state index < -0.39 is 18.2 Å². The smallest absolute Gasteiger partial charge is 0.407 e. The number of hydrogen-bond acceptors (Lipinski definition) is 7. The van der Waals surface area contributed by atoms with Gasteiger partial charge in [-0.15, -0.1) is 0 Å². The molecule has 2 aliphatic rings. The summed E-state index contributed by atoms with van der Waals surface area (Å²) in [6.45, 7) is 10.7. The number of rotatable bonds is 13. The number of carbonyl (C=O) groups is 4. The minimum Gasteiger partial charge on any atom is -0.453 e. The lowest BCUT2D eigenvalue weighted by molar-refractivity contribution is -0.138. The van der Waals surface area contributed by atoms with Crippen LogP contribution in [0.15, 0.2) is 73.1 Å². The summed E-state index contributed by atoms with van der Waals surface area (Å²) in [5, 5.41) is 5.63. The lowest BCUT2D eigenvalue weighted by atomic mass is 10.0. The fraction of sp³-hybridized carbons (Fsp3) is 0.429. The van der Waals surface area contributed by atoms with E-state index in [0.717, 1.165) is 58.7 Å². The quantitative estimate of drug-likeness (QED) is 0.113. The van der Waals surface area contributed by atoms with Crippen molar-refractivity contribution in [1.82, 2.24) is 40.4 Å². The number of likely N-dealkylation sites (tertiary alicyclic amines) is 1. The van der Waals surface area contributed by atoms with Crippen LogP contribution >= 0.6 is 0 Å². The van der Waals surface area contributed by atoms with Crippen LogP contribution in [-0.2, 0) is 19.1 Å². The van der Waals surface area contributed by atoms with Gasteiger partial charge in [-0.25, -0.2) is 14.8 Å². The predicted octanol–water partition coefficient (Wildman–Crippen LogP) is 6.56. The minimum absolute atomic E-state index is 0.0516. The Morgan fingerprint density at radius 3 is 1.87 bits per heavy atom. The van der Waals surface area contributed by atoms with E-state index in [-0.39, 0.29) is 41.6 Å². The lowest BCUT2D eigenvalue weighted by Crippen LogP contribution is -2.51. The summed E-state index contributed by atoms with van der Waals surface area (Å²) in [5.41, 5.74) is 5.76. The van der Waals surface area contributed by atoms with Crippen LogP contribution in [0.1, 0.15) is 84.0 Å². The molecule has 1 saturated heterocycles. The summed E-state index contributed by atoms with van der Waals surface area (Å²) in [6.07, 6.45) is 9.65. The number of alkyl carbamates (subject to hydrolysis) is 1. The van der Waals surface area contributed by atoms with Crippen molar-refractivity contribution in [2.24, 2.45) is 11.8 Å². The van der Waals surface area contributed by atoms with Crippen molar-refractivity contribution < 1.29 is 23.9 Å². The normalized spacial score (nSPS) is 17.8. The number of nitrogens with zero attached hydrogens (tertiary/aromatic N) is 4. The van der Waals surface area contributed by atoms with Crippen LogP contribution in [0.3, 0.4) is 0 Å². The molecule has 4 N–H and O–H groups in total. The highest BCUT2D eigenvalue weighted by molar-refractivity contribution is 5.89. The van der Waals surface area contributed by atoms with Crippen LogP contribution in [0, 0.1) is 11.8 Å². The monoisotopic (exact) mass is 748 g/mol. The second-order valence-electron chi connectivity index (χ2n) is 15.0. The van der Waals surface area contributed by atoms with E-state index >= 15 is 0 Å². The number of amides is 4. The second kappa shape index (κ2) is 17.2. The third-order valence-corrected chi connectivity index (χ3v) is 10.4. The molecular weight excluding hydrogens is 697 g/mol. The molecule has 0 spiro atoms. The first-order valence-corrected chi connectivity index (χ1v) is 19.2. The lowest BCUT2D eigenvalue weighted by Gasteiger charge is -2.30. The van der Waals surface area contributed by atoms with Gasteiger partial charge in [-0.05, 0) is 53.4 Å². The number of nitrogens with one attached hydrogen (secondary N) is 4. The van der Waals surface area contributed by atoms with Crippen molar-refractivity contribution >= 4 is 23.8 Å².